The van der Waals surface area contributed by atoms with Crippen LogP contribution in [0.25, 0.3) is 0 Å². The molecule has 1 aromatic rings. The Labute approximate surface area is 99.7 Å². The number of carbonyl (C=O) groups is 1. The molecule has 0 heterocycles. The first-order valence-electron chi connectivity index (χ1n) is 5.13. The number of halogens is 1. The molecule has 0 aliphatic carbocycles. The fourth-order valence-corrected chi connectivity index (χ4v) is 1.68. The van der Waals surface area contributed by atoms with Gasteiger partial charge in [0.25, 0.3) is 0 Å². The minimum atomic E-state index is -0.873. The summed E-state index contributed by atoms with van der Waals surface area (Å²) in [6, 6.07) is 6.78. The van der Waals surface area contributed by atoms with Crippen LogP contribution >= 0.6 is 11.6 Å². The predicted octanol–water partition coefficient (Wildman–Crippen LogP) is 2.53. The summed E-state index contributed by atoms with van der Waals surface area (Å²) in [5.41, 5.74) is 0.720. The van der Waals surface area contributed by atoms with Crippen molar-refractivity contribution in [3.05, 3.63) is 34.9 Å². The minimum absolute atomic E-state index is 0.00261. The van der Waals surface area contributed by atoms with Crippen molar-refractivity contribution in [2.45, 2.75) is 19.3 Å². The molecule has 0 fully saturated rings. The maximum atomic E-state index is 11.1. The van der Waals surface area contributed by atoms with Crippen molar-refractivity contribution in [2.24, 2.45) is 5.92 Å². The van der Waals surface area contributed by atoms with E-state index in [-0.39, 0.29) is 12.5 Å². The molecule has 0 spiro atoms. The number of aliphatic hydroxyl groups is 1. The number of hydrogen-bond acceptors (Lipinski definition) is 2. The quantitative estimate of drug-likeness (QED) is 0.834. The molecule has 2 N–H and O–H groups in total. The van der Waals surface area contributed by atoms with E-state index in [1.54, 1.807) is 24.3 Å². The molecule has 0 aliphatic heterocycles. The van der Waals surface area contributed by atoms with Gasteiger partial charge in [-0.1, -0.05) is 30.7 Å². The number of carboxylic acid groups (broad SMARTS) is 1. The average Bonchev–Trinajstić information content (AvgIpc) is 2.26. The SMILES string of the molecule is CC(CO)CC(C(=O)O)c1ccc(Cl)cc1. The first-order valence-corrected chi connectivity index (χ1v) is 5.51. The molecule has 4 heteroatoms. The second-order valence-electron chi connectivity index (χ2n) is 3.97. The summed E-state index contributed by atoms with van der Waals surface area (Å²) < 4.78 is 0. The van der Waals surface area contributed by atoms with Gasteiger partial charge in [-0.2, -0.15) is 0 Å². The standard InChI is InChI=1S/C12H15ClO3/c1-8(7-14)6-11(12(15)16)9-2-4-10(13)5-3-9/h2-5,8,11,14H,6-7H2,1H3,(H,15,16). The first kappa shape index (κ1) is 13.0. The number of aliphatic hydroxyl groups excluding tert-OH is 1. The summed E-state index contributed by atoms with van der Waals surface area (Å²) >= 11 is 5.74. The van der Waals surface area contributed by atoms with E-state index in [0.29, 0.717) is 11.4 Å². The lowest BCUT2D eigenvalue weighted by Crippen LogP contribution is -2.16. The monoisotopic (exact) mass is 242 g/mol. The van der Waals surface area contributed by atoms with Crippen molar-refractivity contribution in [1.82, 2.24) is 0 Å². The lowest BCUT2D eigenvalue weighted by Gasteiger charge is -2.16. The molecular weight excluding hydrogens is 228 g/mol. The molecule has 1 aromatic carbocycles. The molecule has 2 atom stereocenters. The molecule has 0 aliphatic rings. The molecular formula is C12H15ClO3. The van der Waals surface area contributed by atoms with Crippen LogP contribution in [0.2, 0.25) is 5.02 Å². The van der Waals surface area contributed by atoms with Crippen molar-refractivity contribution < 1.29 is 15.0 Å². The summed E-state index contributed by atoms with van der Waals surface area (Å²) in [7, 11) is 0. The maximum absolute atomic E-state index is 11.1. The number of hydrogen-bond donors (Lipinski definition) is 2. The molecule has 0 radical (unpaired) electrons. The second-order valence-corrected chi connectivity index (χ2v) is 4.40. The zero-order valence-electron chi connectivity index (χ0n) is 9.06. The van der Waals surface area contributed by atoms with Gasteiger partial charge in [0, 0.05) is 11.6 Å². The van der Waals surface area contributed by atoms with E-state index in [9.17, 15) is 4.79 Å². The van der Waals surface area contributed by atoms with Crippen LogP contribution < -0.4 is 0 Å². The highest BCUT2D eigenvalue weighted by molar-refractivity contribution is 6.30. The lowest BCUT2D eigenvalue weighted by molar-refractivity contribution is -0.139. The number of aliphatic carboxylic acids is 1. The van der Waals surface area contributed by atoms with Gasteiger partial charge in [0.15, 0.2) is 0 Å². The number of rotatable bonds is 5. The zero-order chi connectivity index (χ0) is 12.1. The Morgan fingerprint density at radius 3 is 2.38 bits per heavy atom. The lowest BCUT2D eigenvalue weighted by atomic mass is 9.90. The van der Waals surface area contributed by atoms with Crippen LogP contribution in [0.15, 0.2) is 24.3 Å². The zero-order valence-corrected chi connectivity index (χ0v) is 9.81. The van der Waals surface area contributed by atoms with Gasteiger partial charge < -0.3 is 10.2 Å². The highest BCUT2D eigenvalue weighted by atomic mass is 35.5. The number of benzene rings is 1. The van der Waals surface area contributed by atoms with E-state index in [1.165, 1.54) is 0 Å². The summed E-state index contributed by atoms with van der Waals surface area (Å²) in [5.74, 6) is -1.49. The fourth-order valence-electron chi connectivity index (χ4n) is 1.55. The molecule has 0 amide bonds. The Morgan fingerprint density at radius 1 is 1.38 bits per heavy atom. The van der Waals surface area contributed by atoms with Crippen LogP contribution in [0.3, 0.4) is 0 Å². The van der Waals surface area contributed by atoms with Crippen LogP contribution in [0.4, 0.5) is 0 Å². The Bertz CT molecular complexity index is 348. The predicted molar refractivity (Wildman–Crippen MR) is 62.7 cm³/mol. The van der Waals surface area contributed by atoms with Gasteiger partial charge in [0.2, 0.25) is 0 Å². The van der Waals surface area contributed by atoms with Crippen LogP contribution in [0.1, 0.15) is 24.8 Å². The topological polar surface area (TPSA) is 57.5 Å². The van der Waals surface area contributed by atoms with Crippen molar-refractivity contribution in [3.63, 3.8) is 0 Å². The third-order valence-corrected chi connectivity index (χ3v) is 2.77. The molecule has 0 aromatic heterocycles. The van der Waals surface area contributed by atoms with Gasteiger partial charge in [-0.15, -0.1) is 0 Å². The Hall–Kier alpha value is -1.06. The van der Waals surface area contributed by atoms with Crippen molar-refractivity contribution in [2.75, 3.05) is 6.61 Å². The summed E-state index contributed by atoms with van der Waals surface area (Å²) in [6.45, 7) is 1.82. The minimum Gasteiger partial charge on any atom is -0.481 e. The Kier molecular flexibility index (Phi) is 4.77. The van der Waals surface area contributed by atoms with E-state index in [2.05, 4.69) is 0 Å². The molecule has 0 bridgehead atoms. The maximum Gasteiger partial charge on any atom is 0.310 e. The van der Waals surface area contributed by atoms with E-state index in [4.69, 9.17) is 21.8 Å². The summed E-state index contributed by atoms with van der Waals surface area (Å²) in [5, 5.41) is 18.7. The molecule has 1 rings (SSSR count). The molecule has 0 saturated carbocycles. The molecule has 3 nitrogen and oxygen atoms in total. The highest BCUT2D eigenvalue weighted by Gasteiger charge is 2.21. The van der Waals surface area contributed by atoms with E-state index < -0.39 is 11.9 Å². The summed E-state index contributed by atoms with van der Waals surface area (Å²) in [6.07, 6.45) is 0.424. The molecule has 16 heavy (non-hydrogen) atoms. The van der Waals surface area contributed by atoms with Crippen molar-refractivity contribution >= 4 is 17.6 Å². The number of carboxylic acids is 1. The Morgan fingerprint density at radius 2 is 1.94 bits per heavy atom. The molecule has 88 valence electrons. The third-order valence-electron chi connectivity index (χ3n) is 2.52. The fraction of sp³-hybridized carbons (Fsp3) is 0.417. The van der Waals surface area contributed by atoms with Crippen LogP contribution in [-0.4, -0.2) is 22.8 Å². The largest absolute Gasteiger partial charge is 0.481 e. The average molecular weight is 243 g/mol. The van der Waals surface area contributed by atoms with Gasteiger partial charge in [0.05, 0.1) is 5.92 Å². The van der Waals surface area contributed by atoms with Crippen LogP contribution in [0.5, 0.6) is 0 Å². The molecule has 0 saturated heterocycles. The van der Waals surface area contributed by atoms with Gasteiger partial charge in [0.1, 0.15) is 0 Å². The second kappa shape index (κ2) is 5.87. The van der Waals surface area contributed by atoms with Crippen LogP contribution in [-0.2, 0) is 4.79 Å². The van der Waals surface area contributed by atoms with Gasteiger partial charge >= 0.3 is 5.97 Å². The first-order chi connectivity index (χ1) is 7.54. The van der Waals surface area contributed by atoms with E-state index >= 15 is 0 Å². The van der Waals surface area contributed by atoms with Gasteiger partial charge in [-0.05, 0) is 30.0 Å². The van der Waals surface area contributed by atoms with Gasteiger partial charge in [-0.25, -0.2) is 0 Å². The van der Waals surface area contributed by atoms with Gasteiger partial charge in [-0.3, -0.25) is 4.79 Å². The van der Waals surface area contributed by atoms with Crippen LogP contribution in [0, 0.1) is 5.92 Å². The normalized spacial score (nSPS) is 14.4. The van der Waals surface area contributed by atoms with E-state index in [1.807, 2.05) is 6.92 Å². The third kappa shape index (κ3) is 3.51. The smallest absolute Gasteiger partial charge is 0.310 e. The van der Waals surface area contributed by atoms with Crippen molar-refractivity contribution in [1.29, 1.82) is 0 Å². The summed E-state index contributed by atoms with van der Waals surface area (Å²) in [4.78, 5) is 11.1. The van der Waals surface area contributed by atoms with Crippen molar-refractivity contribution in [3.8, 4) is 0 Å². The molecule has 2 unspecified atom stereocenters. The van der Waals surface area contributed by atoms with E-state index in [0.717, 1.165) is 5.56 Å². The highest BCUT2D eigenvalue weighted by Crippen LogP contribution is 2.25. The Balaban J connectivity index is 2.85.